The Balaban J connectivity index is 1.73. The quantitative estimate of drug-likeness (QED) is 0.562. The van der Waals surface area contributed by atoms with Crippen LogP contribution in [0.3, 0.4) is 0 Å². The Morgan fingerprint density at radius 2 is 2.45 bits per heavy atom. The Labute approximate surface area is 123 Å². The molecule has 0 saturated carbocycles. The summed E-state index contributed by atoms with van der Waals surface area (Å²) in [6.45, 7) is 7.61. The van der Waals surface area contributed by atoms with Crippen LogP contribution >= 0.6 is 11.3 Å². The number of thiophene rings is 1. The van der Waals surface area contributed by atoms with E-state index in [1.807, 2.05) is 23.6 Å². The van der Waals surface area contributed by atoms with Crippen LogP contribution in [0.5, 0.6) is 0 Å². The average Bonchev–Trinajstić information content (AvgIpc) is 3.12. The molecule has 0 bridgehead atoms. The topological polar surface area (TPSA) is 51.0 Å². The molecular weight excluding hydrogens is 270 g/mol. The third-order valence-electron chi connectivity index (χ3n) is 3.29. The van der Waals surface area contributed by atoms with Gasteiger partial charge in [0, 0.05) is 0 Å². The molecule has 1 unspecified atom stereocenters. The highest BCUT2D eigenvalue weighted by molar-refractivity contribution is 7.13. The van der Waals surface area contributed by atoms with Gasteiger partial charge in [0.05, 0.1) is 11.4 Å². The zero-order chi connectivity index (χ0) is 14.2. The molecule has 0 aliphatic heterocycles. The van der Waals surface area contributed by atoms with E-state index >= 15 is 0 Å². The van der Waals surface area contributed by atoms with E-state index in [9.17, 15) is 0 Å². The Morgan fingerprint density at radius 1 is 1.55 bits per heavy atom. The second-order valence-electron chi connectivity index (χ2n) is 4.75. The lowest BCUT2D eigenvalue weighted by Gasteiger charge is -2.11. The van der Waals surface area contributed by atoms with Gasteiger partial charge in [0.15, 0.2) is 0 Å². The maximum absolute atomic E-state index is 5.24. The van der Waals surface area contributed by atoms with Gasteiger partial charge in [-0.2, -0.15) is 4.98 Å². The third-order valence-corrected chi connectivity index (χ3v) is 4.16. The van der Waals surface area contributed by atoms with E-state index in [0.29, 0.717) is 24.2 Å². The van der Waals surface area contributed by atoms with Crippen LogP contribution in [0.15, 0.2) is 34.7 Å². The summed E-state index contributed by atoms with van der Waals surface area (Å²) in [6.07, 6.45) is 5.42. The third kappa shape index (κ3) is 4.28. The van der Waals surface area contributed by atoms with Gasteiger partial charge in [0.25, 0.3) is 0 Å². The van der Waals surface area contributed by atoms with Crippen LogP contribution in [0.25, 0.3) is 10.7 Å². The summed E-state index contributed by atoms with van der Waals surface area (Å²) in [5, 5.41) is 9.35. The number of nitrogens with one attached hydrogen (secondary N) is 1. The van der Waals surface area contributed by atoms with Gasteiger partial charge >= 0.3 is 0 Å². The van der Waals surface area contributed by atoms with Crippen molar-refractivity contribution in [2.24, 2.45) is 5.92 Å². The van der Waals surface area contributed by atoms with Gasteiger partial charge in [-0.05, 0) is 36.8 Å². The predicted octanol–water partition coefficient (Wildman–Crippen LogP) is 3.88. The van der Waals surface area contributed by atoms with Crippen LogP contribution < -0.4 is 5.32 Å². The van der Waals surface area contributed by atoms with E-state index in [0.717, 1.165) is 24.3 Å². The van der Waals surface area contributed by atoms with E-state index in [4.69, 9.17) is 4.52 Å². The maximum atomic E-state index is 5.24. The van der Waals surface area contributed by atoms with Crippen molar-refractivity contribution >= 4 is 11.3 Å². The molecule has 1 N–H and O–H groups in total. The van der Waals surface area contributed by atoms with E-state index in [1.165, 1.54) is 6.42 Å². The van der Waals surface area contributed by atoms with Gasteiger partial charge in [-0.1, -0.05) is 30.6 Å². The summed E-state index contributed by atoms with van der Waals surface area (Å²) >= 11 is 1.62. The Morgan fingerprint density at radius 3 is 3.15 bits per heavy atom. The zero-order valence-electron chi connectivity index (χ0n) is 11.8. The van der Waals surface area contributed by atoms with Crippen LogP contribution in [0.1, 0.15) is 32.1 Å². The smallest absolute Gasteiger partial charge is 0.240 e. The first-order chi connectivity index (χ1) is 9.83. The van der Waals surface area contributed by atoms with Gasteiger partial charge < -0.3 is 9.84 Å². The fraction of sp³-hybridized carbons (Fsp3) is 0.467. The summed E-state index contributed by atoms with van der Waals surface area (Å²) in [4.78, 5) is 5.42. The second-order valence-corrected chi connectivity index (χ2v) is 5.70. The Hall–Kier alpha value is -1.46. The molecule has 1 atom stereocenters. The van der Waals surface area contributed by atoms with Crippen molar-refractivity contribution in [2.45, 2.75) is 32.7 Å². The molecule has 2 aromatic heterocycles. The number of rotatable bonds is 9. The lowest BCUT2D eigenvalue weighted by atomic mass is 9.99. The number of allylic oxidation sites excluding steroid dienone is 1. The summed E-state index contributed by atoms with van der Waals surface area (Å²) in [5.74, 6) is 2.03. The van der Waals surface area contributed by atoms with E-state index in [1.54, 1.807) is 11.3 Å². The number of nitrogens with zero attached hydrogens (tertiary/aromatic N) is 2. The summed E-state index contributed by atoms with van der Waals surface area (Å²) in [5.41, 5.74) is 0. The van der Waals surface area contributed by atoms with Gasteiger partial charge in [-0.3, -0.25) is 0 Å². The van der Waals surface area contributed by atoms with Gasteiger partial charge in [-0.15, -0.1) is 17.9 Å². The molecule has 0 aromatic carbocycles. The standard InChI is InChI=1S/C15H21N3OS/c1-3-6-12(4-2)8-9-16-11-14-17-15(18-19-14)13-7-5-10-20-13/h3,5,7,10,12,16H,1,4,6,8-9,11H2,2H3. The number of hydrogen-bond donors (Lipinski definition) is 1. The van der Waals surface area contributed by atoms with Crippen molar-refractivity contribution in [3.05, 3.63) is 36.1 Å². The fourth-order valence-electron chi connectivity index (χ4n) is 2.06. The van der Waals surface area contributed by atoms with Crippen molar-refractivity contribution in [3.63, 3.8) is 0 Å². The van der Waals surface area contributed by atoms with Crippen LogP contribution in [0.4, 0.5) is 0 Å². The molecule has 2 aromatic rings. The highest BCUT2D eigenvalue weighted by atomic mass is 32.1. The molecule has 0 radical (unpaired) electrons. The predicted molar refractivity (Wildman–Crippen MR) is 82.5 cm³/mol. The lowest BCUT2D eigenvalue weighted by Crippen LogP contribution is -2.17. The van der Waals surface area contributed by atoms with Crippen molar-refractivity contribution in [1.29, 1.82) is 0 Å². The minimum absolute atomic E-state index is 0.628. The van der Waals surface area contributed by atoms with Crippen molar-refractivity contribution in [2.75, 3.05) is 6.54 Å². The van der Waals surface area contributed by atoms with Crippen LogP contribution in [-0.2, 0) is 6.54 Å². The van der Waals surface area contributed by atoms with Crippen molar-refractivity contribution in [3.8, 4) is 10.7 Å². The molecule has 0 aliphatic carbocycles. The molecule has 4 nitrogen and oxygen atoms in total. The molecule has 0 amide bonds. The number of aromatic nitrogens is 2. The average molecular weight is 291 g/mol. The van der Waals surface area contributed by atoms with Crippen LogP contribution in [0, 0.1) is 5.92 Å². The second kappa shape index (κ2) is 7.97. The van der Waals surface area contributed by atoms with E-state index < -0.39 is 0 Å². The molecule has 0 saturated heterocycles. The molecule has 5 heteroatoms. The molecular formula is C15H21N3OS. The molecule has 2 heterocycles. The van der Waals surface area contributed by atoms with Crippen molar-refractivity contribution < 1.29 is 4.52 Å². The Bertz CT molecular complexity index is 507. The number of hydrogen-bond acceptors (Lipinski definition) is 5. The fourth-order valence-corrected chi connectivity index (χ4v) is 2.71. The maximum Gasteiger partial charge on any atom is 0.240 e. The minimum Gasteiger partial charge on any atom is -0.338 e. The molecule has 108 valence electrons. The first-order valence-electron chi connectivity index (χ1n) is 7.01. The first-order valence-corrected chi connectivity index (χ1v) is 7.89. The van der Waals surface area contributed by atoms with E-state index in [-0.39, 0.29) is 0 Å². The molecule has 0 fully saturated rings. The molecule has 20 heavy (non-hydrogen) atoms. The molecule has 2 rings (SSSR count). The molecule has 0 spiro atoms. The molecule has 0 aliphatic rings. The van der Waals surface area contributed by atoms with Gasteiger partial charge in [0.2, 0.25) is 11.7 Å². The normalized spacial score (nSPS) is 12.4. The van der Waals surface area contributed by atoms with Crippen LogP contribution in [0.2, 0.25) is 0 Å². The van der Waals surface area contributed by atoms with Crippen molar-refractivity contribution in [1.82, 2.24) is 15.5 Å². The monoisotopic (exact) mass is 291 g/mol. The highest BCUT2D eigenvalue weighted by Crippen LogP contribution is 2.21. The zero-order valence-corrected chi connectivity index (χ0v) is 12.7. The first kappa shape index (κ1) is 14.9. The minimum atomic E-state index is 0.628. The SMILES string of the molecule is C=CCC(CC)CCNCc1nc(-c2cccs2)no1. The Kier molecular flexibility index (Phi) is 5.95. The van der Waals surface area contributed by atoms with Gasteiger partial charge in [-0.25, -0.2) is 0 Å². The summed E-state index contributed by atoms with van der Waals surface area (Å²) in [7, 11) is 0. The highest BCUT2D eigenvalue weighted by Gasteiger charge is 2.09. The largest absolute Gasteiger partial charge is 0.338 e. The van der Waals surface area contributed by atoms with E-state index in [2.05, 4.69) is 29.0 Å². The van der Waals surface area contributed by atoms with Crippen LogP contribution in [-0.4, -0.2) is 16.7 Å². The van der Waals surface area contributed by atoms with Gasteiger partial charge in [0.1, 0.15) is 0 Å². The summed E-state index contributed by atoms with van der Waals surface area (Å²) < 4.78 is 5.24. The summed E-state index contributed by atoms with van der Waals surface area (Å²) in [6, 6.07) is 3.98. The lowest BCUT2D eigenvalue weighted by molar-refractivity contribution is 0.362.